The first-order valence-electron chi connectivity index (χ1n) is 7.47. The van der Waals surface area contributed by atoms with Crippen LogP contribution in [0.5, 0.6) is 0 Å². The first-order valence-corrected chi connectivity index (χ1v) is 7.47. The van der Waals surface area contributed by atoms with Crippen molar-refractivity contribution in [3.05, 3.63) is 70.9 Å². The summed E-state index contributed by atoms with van der Waals surface area (Å²) in [6, 6.07) is 12.9. The average molecular weight is 306 g/mol. The smallest absolute Gasteiger partial charge is 0.281 e. The van der Waals surface area contributed by atoms with Gasteiger partial charge in [0.15, 0.2) is 0 Å². The lowest BCUT2D eigenvalue weighted by atomic mass is 10.0. The first-order chi connectivity index (χ1) is 11.0. The van der Waals surface area contributed by atoms with Crippen molar-refractivity contribution in [3.8, 4) is 0 Å². The zero-order chi connectivity index (χ0) is 16.6. The molecule has 23 heavy (non-hydrogen) atoms. The van der Waals surface area contributed by atoms with Gasteiger partial charge in [-0.1, -0.05) is 18.2 Å². The van der Waals surface area contributed by atoms with Gasteiger partial charge < -0.3 is 5.32 Å². The minimum Gasteiger partial charge on any atom is -0.351 e. The fourth-order valence-corrected chi connectivity index (χ4v) is 2.64. The van der Waals surface area contributed by atoms with Crippen molar-refractivity contribution in [2.24, 2.45) is 0 Å². The Morgan fingerprint density at radius 1 is 0.913 bits per heavy atom. The SMILES string of the molecule is Cc1cc(NC2=CC(=O)N(c3ccccc3)C2=O)cc(C)c1C. The van der Waals surface area contributed by atoms with Crippen LogP contribution < -0.4 is 10.2 Å². The zero-order valence-electron chi connectivity index (χ0n) is 13.4. The molecule has 0 atom stereocenters. The zero-order valence-corrected chi connectivity index (χ0v) is 13.4. The van der Waals surface area contributed by atoms with Crippen LogP contribution in [0, 0.1) is 20.8 Å². The Labute approximate surface area is 135 Å². The van der Waals surface area contributed by atoms with Crippen molar-refractivity contribution in [1.82, 2.24) is 0 Å². The first kappa shape index (κ1) is 15.0. The van der Waals surface area contributed by atoms with Gasteiger partial charge in [0.2, 0.25) is 0 Å². The Hall–Kier alpha value is -2.88. The normalized spacial score (nSPS) is 14.2. The number of nitrogens with one attached hydrogen (secondary N) is 1. The monoisotopic (exact) mass is 306 g/mol. The average Bonchev–Trinajstić information content (AvgIpc) is 2.80. The molecule has 2 aromatic carbocycles. The lowest BCUT2D eigenvalue weighted by molar-refractivity contribution is -0.120. The summed E-state index contributed by atoms with van der Waals surface area (Å²) in [4.78, 5) is 25.9. The van der Waals surface area contributed by atoms with Crippen LogP contribution in [0.1, 0.15) is 16.7 Å². The van der Waals surface area contributed by atoms with E-state index < -0.39 is 0 Å². The molecule has 0 bridgehead atoms. The number of hydrogen-bond acceptors (Lipinski definition) is 3. The molecule has 0 saturated heterocycles. The van der Waals surface area contributed by atoms with Crippen LogP contribution >= 0.6 is 0 Å². The molecule has 0 radical (unpaired) electrons. The Morgan fingerprint density at radius 2 is 1.52 bits per heavy atom. The van der Waals surface area contributed by atoms with E-state index in [-0.39, 0.29) is 11.8 Å². The summed E-state index contributed by atoms with van der Waals surface area (Å²) >= 11 is 0. The van der Waals surface area contributed by atoms with E-state index in [4.69, 9.17) is 0 Å². The number of hydrogen-bond donors (Lipinski definition) is 1. The van der Waals surface area contributed by atoms with E-state index in [1.165, 1.54) is 16.5 Å². The van der Waals surface area contributed by atoms with E-state index in [1.807, 2.05) is 32.0 Å². The molecule has 0 saturated carbocycles. The molecule has 1 N–H and O–H groups in total. The van der Waals surface area contributed by atoms with Crippen molar-refractivity contribution in [3.63, 3.8) is 0 Å². The third kappa shape index (κ3) is 2.75. The summed E-state index contributed by atoms with van der Waals surface area (Å²) < 4.78 is 0. The summed E-state index contributed by atoms with van der Waals surface area (Å²) in [5.74, 6) is -0.665. The van der Waals surface area contributed by atoms with Crippen molar-refractivity contribution in [2.45, 2.75) is 20.8 Å². The largest absolute Gasteiger partial charge is 0.351 e. The van der Waals surface area contributed by atoms with Gasteiger partial charge in [0.25, 0.3) is 11.8 Å². The van der Waals surface area contributed by atoms with Crippen molar-refractivity contribution in [1.29, 1.82) is 0 Å². The number of aryl methyl sites for hydroxylation is 2. The standard InChI is InChI=1S/C19H18N2O2/c1-12-9-15(10-13(2)14(12)3)20-17-11-18(22)21(19(17)23)16-7-5-4-6-8-16/h4-11,20H,1-3H3. The van der Waals surface area contributed by atoms with Gasteiger partial charge in [0.05, 0.1) is 5.69 Å². The van der Waals surface area contributed by atoms with E-state index in [0.29, 0.717) is 11.4 Å². The second-order valence-corrected chi connectivity index (χ2v) is 5.73. The maximum atomic E-state index is 12.5. The van der Waals surface area contributed by atoms with Gasteiger partial charge in [-0.2, -0.15) is 0 Å². The van der Waals surface area contributed by atoms with Gasteiger partial charge in [-0.3, -0.25) is 9.59 Å². The number of rotatable bonds is 3. The molecule has 0 aromatic heterocycles. The maximum Gasteiger partial charge on any atom is 0.281 e. The Kier molecular flexibility index (Phi) is 3.74. The number of anilines is 2. The van der Waals surface area contributed by atoms with Gasteiger partial charge in [-0.15, -0.1) is 0 Å². The molecule has 1 heterocycles. The number of benzene rings is 2. The molecular weight excluding hydrogens is 288 g/mol. The van der Waals surface area contributed by atoms with E-state index in [9.17, 15) is 9.59 Å². The highest BCUT2D eigenvalue weighted by atomic mass is 16.2. The van der Waals surface area contributed by atoms with E-state index in [1.54, 1.807) is 24.3 Å². The molecule has 4 nitrogen and oxygen atoms in total. The molecular formula is C19H18N2O2. The number of para-hydroxylation sites is 1. The van der Waals surface area contributed by atoms with Crippen molar-refractivity contribution < 1.29 is 9.59 Å². The van der Waals surface area contributed by atoms with Crippen LogP contribution in [0.2, 0.25) is 0 Å². The van der Waals surface area contributed by atoms with Crippen LogP contribution in [0.4, 0.5) is 11.4 Å². The molecule has 1 aliphatic heterocycles. The molecule has 2 amide bonds. The van der Waals surface area contributed by atoms with Gasteiger partial charge in [0.1, 0.15) is 5.70 Å². The fourth-order valence-electron chi connectivity index (χ4n) is 2.64. The predicted octanol–water partition coefficient (Wildman–Crippen LogP) is 3.48. The molecule has 1 aliphatic rings. The molecule has 3 rings (SSSR count). The molecule has 0 spiro atoms. The summed E-state index contributed by atoms with van der Waals surface area (Å²) in [5.41, 5.74) is 5.19. The summed E-state index contributed by atoms with van der Waals surface area (Å²) in [6.07, 6.45) is 1.35. The molecule has 0 fully saturated rings. The van der Waals surface area contributed by atoms with Crippen LogP contribution in [-0.4, -0.2) is 11.8 Å². The van der Waals surface area contributed by atoms with E-state index in [0.717, 1.165) is 16.8 Å². The molecule has 0 aliphatic carbocycles. The predicted molar refractivity (Wildman–Crippen MR) is 91.3 cm³/mol. The topological polar surface area (TPSA) is 49.4 Å². The van der Waals surface area contributed by atoms with Crippen LogP contribution in [-0.2, 0) is 9.59 Å². The summed E-state index contributed by atoms with van der Waals surface area (Å²) in [6.45, 7) is 6.12. The molecule has 2 aromatic rings. The third-order valence-corrected chi connectivity index (χ3v) is 4.14. The van der Waals surface area contributed by atoms with Crippen LogP contribution in [0.25, 0.3) is 0 Å². The van der Waals surface area contributed by atoms with Gasteiger partial charge >= 0.3 is 0 Å². The second kappa shape index (κ2) is 5.72. The Bertz CT molecular complexity index is 800. The minimum atomic E-state index is -0.336. The summed E-state index contributed by atoms with van der Waals surface area (Å²) in [7, 11) is 0. The van der Waals surface area contributed by atoms with Crippen molar-refractivity contribution >= 4 is 23.2 Å². The minimum absolute atomic E-state index is 0.293. The number of carbonyl (C=O) groups is 2. The second-order valence-electron chi connectivity index (χ2n) is 5.73. The van der Waals surface area contributed by atoms with E-state index >= 15 is 0 Å². The Morgan fingerprint density at radius 3 is 2.13 bits per heavy atom. The van der Waals surface area contributed by atoms with E-state index in [2.05, 4.69) is 12.2 Å². The molecule has 0 unspecified atom stereocenters. The fraction of sp³-hybridized carbons (Fsp3) is 0.158. The summed E-state index contributed by atoms with van der Waals surface area (Å²) in [5, 5.41) is 3.08. The van der Waals surface area contributed by atoms with Gasteiger partial charge in [-0.25, -0.2) is 4.90 Å². The van der Waals surface area contributed by atoms with Gasteiger partial charge in [-0.05, 0) is 61.7 Å². The quantitative estimate of drug-likeness (QED) is 0.883. The lowest BCUT2D eigenvalue weighted by Crippen LogP contribution is -2.31. The third-order valence-electron chi connectivity index (χ3n) is 4.14. The number of imide groups is 1. The van der Waals surface area contributed by atoms with Crippen LogP contribution in [0.3, 0.4) is 0 Å². The number of amides is 2. The number of nitrogens with zero attached hydrogens (tertiary/aromatic N) is 1. The highest BCUT2D eigenvalue weighted by molar-refractivity contribution is 6.31. The highest BCUT2D eigenvalue weighted by Crippen LogP contribution is 2.25. The maximum absolute atomic E-state index is 12.5. The lowest BCUT2D eigenvalue weighted by Gasteiger charge is -2.16. The van der Waals surface area contributed by atoms with Gasteiger partial charge in [0, 0.05) is 11.8 Å². The molecule has 116 valence electrons. The van der Waals surface area contributed by atoms with Crippen LogP contribution in [0.15, 0.2) is 54.2 Å². The van der Waals surface area contributed by atoms with Crippen molar-refractivity contribution in [2.75, 3.05) is 10.2 Å². The number of carbonyl (C=O) groups excluding carboxylic acids is 2. The highest BCUT2D eigenvalue weighted by Gasteiger charge is 2.32. The Balaban J connectivity index is 1.87. The molecule has 4 heteroatoms.